The molecule has 5 heteroatoms. The van der Waals surface area contributed by atoms with Gasteiger partial charge in [-0.25, -0.2) is 8.78 Å². The monoisotopic (exact) mass is 252 g/mol. The molecule has 18 heavy (non-hydrogen) atoms. The molecular formula is C13H14F2N2O. The fourth-order valence-electron chi connectivity index (χ4n) is 1.96. The predicted molar refractivity (Wildman–Crippen MR) is 63.0 cm³/mol. The second kappa shape index (κ2) is 4.86. The lowest BCUT2D eigenvalue weighted by Gasteiger charge is -2.11. The Morgan fingerprint density at radius 3 is 2.67 bits per heavy atom. The van der Waals surface area contributed by atoms with Gasteiger partial charge in [0.1, 0.15) is 11.6 Å². The first-order chi connectivity index (χ1) is 8.47. The summed E-state index contributed by atoms with van der Waals surface area (Å²) in [6.07, 6.45) is -0.893. The first-order valence-electron chi connectivity index (χ1n) is 5.60. The minimum absolute atomic E-state index is 0.0164. The number of rotatable bonds is 3. The molecule has 0 radical (unpaired) electrons. The van der Waals surface area contributed by atoms with E-state index in [1.807, 2.05) is 0 Å². The zero-order chi connectivity index (χ0) is 13.3. The SMILES string of the molecule is Cc1cc(C(O)Cc2cc(F)ccc2F)n(C)n1. The Labute approximate surface area is 104 Å². The minimum Gasteiger partial charge on any atom is -0.386 e. The molecule has 0 fully saturated rings. The summed E-state index contributed by atoms with van der Waals surface area (Å²) < 4.78 is 28.0. The molecule has 1 atom stereocenters. The lowest BCUT2D eigenvalue weighted by molar-refractivity contribution is 0.167. The highest BCUT2D eigenvalue weighted by molar-refractivity contribution is 5.22. The van der Waals surface area contributed by atoms with Gasteiger partial charge in [-0.3, -0.25) is 4.68 Å². The van der Waals surface area contributed by atoms with Gasteiger partial charge in [-0.05, 0) is 36.8 Å². The molecule has 3 nitrogen and oxygen atoms in total. The molecular weight excluding hydrogens is 238 g/mol. The van der Waals surface area contributed by atoms with Crippen LogP contribution in [-0.2, 0) is 13.5 Å². The Hall–Kier alpha value is -1.75. The van der Waals surface area contributed by atoms with Crippen LogP contribution in [0.15, 0.2) is 24.3 Å². The van der Waals surface area contributed by atoms with E-state index in [0.717, 1.165) is 23.9 Å². The van der Waals surface area contributed by atoms with Gasteiger partial charge in [0.05, 0.1) is 17.5 Å². The molecule has 2 aromatic rings. The molecule has 1 N–H and O–H groups in total. The lowest BCUT2D eigenvalue weighted by atomic mass is 10.0. The molecule has 0 spiro atoms. The number of aromatic nitrogens is 2. The van der Waals surface area contributed by atoms with Crippen molar-refractivity contribution < 1.29 is 13.9 Å². The van der Waals surface area contributed by atoms with Gasteiger partial charge in [0.25, 0.3) is 0 Å². The average Bonchev–Trinajstić information content (AvgIpc) is 2.63. The predicted octanol–water partition coefficient (Wildman–Crippen LogP) is 2.28. The highest BCUT2D eigenvalue weighted by Crippen LogP contribution is 2.21. The molecule has 0 amide bonds. The third-order valence-corrected chi connectivity index (χ3v) is 2.80. The number of halogens is 2. The molecule has 0 aliphatic rings. The average molecular weight is 252 g/mol. The molecule has 96 valence electrons. The maximum Gasteiger partial charge on any atom is 0.126 e. The standard InChI is InChI=1S/C13H14F2N2O/c1-8-5-12(17(2)16-8)13(18)7-9-6-10(14)3-4-11(9)15/h3-6,13,18H,7H2,1-2H3. The van der Waals surface area contributed by atoms with E-state index < -0.39 is 17.7 Å². The Kier molecular flexibility index (Phi) is 3.43. The van der Waals surface area contributed by atoms with Crippen LogP contribution in [0, 0.1) is 18.6 Å². The second-order valence-corrected chi connectivity index (χ2v) is 4.29. The van der Waals surface area contributed by atoms with Crippen LogP contribution in [0.4, 0.5) is 8.78 Å². The second-order valence-electron chi connectivity index (χ2n) is 4.29. The van der Waals surface area contributed by atoms with Gasteiger partial charge in [-0.1, -0.05) is 0 Å². The van der Waals surface area contributed by atoms with Crippen LogP contribution in [0.1, 0.15) is 23.1 Å². The summed E-state index contributed by atoms with van der Waals surface area (Å²) in [5, 5.41) is 14.1. The van der Waals surface area contributed by atoms with Gasteiger partial charge in [-0.15, -0.1) is 0 Å². The number of hydrogen-bond acceptors (Lipinski definition) is 2. The molecule has 0 saturated heterocycles. The molecule has 2 rings (SSSR count). The van der Waals surface area contributed by atoms with Gasteiger partial charge in [0, 0.05) is 13.5 Å². The third-order valence-electron chi connectivity index (χ3n) is 2.80. The first-order valence-corrected chi connectivity index (χ1v) is 5.60. The number of hydrogen-bond donors (Lipinski definition) is 1. The van der Waals surface area contributed by atoms with Crippen LogP contribution in [0.3, 0.4) is 0 Å². The fraction of sp³-hybridized carbons (Fsp3) is 0.308. The molecule has 0 saturated carbocycles. The maximum atomic E-state index is 13.5. The van der Waals surface area contributed by atoms with Crippen LogP contribution in [-0.4, -0.2) is 14.9 Å². The maximum absolute atomic E-state index is 13.5. The Morgan fingerprint density at radius 1 is 1.33 bits per heavy atom. The van der Waals surface area contributed by atoms with Gasteiger partial charge >= 0.3 is 0 Å². The first kappa shape index (κ1) is 12.7. The van der Waals surface area contributed by atoms with Crippen molar-refractivity contribution in [3.05, 3.63) is 52.9 Å². The van der Waals surface area contributed by atoms with Crippen LogP contribution >= 0.6 is 0 Å². The number of aliphatic hydroxyl groups is 1. The smallest absolute Gasteiger partial charge is 0.126 e. The van der Waals surface area contributed by atoms with Crippen LogP contribution in [0.5, 0.6) is 0 Å². The number of aliphatic hydroxyl groups excluding tert-OH is 1. The van der Waals surface area contributed by atoms with E-state index in [0.29, 0.717) is 5.69 Å². The van der Waals surface area contributed by atoms with Crippen molar-refractivity contribution in [3.63, 3.8) is 0 Å². The van der Waals surface area contributed by atoms with Crippen molar-refractivity contribution in [2.45, 2.75) is 19.4 Å². The van der Waals surface area contributed by atoms with Gasteiger partial charge in [0.15, 0.2) is 0 Å². The number of aryl methyl sites for hydroxylation is 2. The summed E-state index contributed by atoms with van der Waals surface area (Å²) in [6, 6.07) is 4.94. The molecule has 0 aliphatic heterocycles. The molecule has 1 heterocycles. The largest absolute Gasteiger partial charge is 0.386 e. The number of benzene rings is 1. The van der Waals surface area contributed by atoms with Gasteiger partial charge < -0.3 is 5.11 Å². The molecule has 1 aromatic heterocycles. The third kappa shape index (κ3) is 2.56. The Balaban J connectivity index is 2.23. The van der Waals surface area contributed by atoms with Crippen molar-refractivity contribution in [3.8, 4) is 0 Å². The number of nitrogens with zero attached hydrogens (tertiary/aromatic N) is 2. The van der Waals surface area contributed by atoms with Crippen molar-refractivity contribution >= 4 is 0 Å². The van der Waals surface area contributed by atoms with Crippen molar-refractivity contribution in [1.82, 2.24) is 9.78 Å². The van der Waals surface area contributed by atoms with E-state index in [-0.39, 0.29) is 12.0 Å². The summed E-state index contributed by atoms with van der Waals surface area (Å²) in [5.74, 6) is -1.03. The Bertz CT molecular complexity index is 566. The minimum atomic E-state index is -0.910. The van der Waals surface area contributed by atoms with Crippen LogP contribution in [0.25, 0.3) is 0 Å². The van der Waals surface area contributed by atoms with Gasteiger partial charge in [-0.2, -0.15) is 5.10 Å². The van der Waals surface area contributed by atoms with E-state index >= 15 is 0 Å². The summed E-state index contributed by atoms with van der Waals surface area (Å²) in [7, 11) is 1.70. The zero-order valence-corrected chi connectivity index (χ0v) is 10.2. The molecule has 0 aliphatic carbocycles. The lowest BCUT2D eigenvalue weighted by Crippen LogP contribution is -2.09. The summed E-state index contributed by atoms with van der Waals surface area (Å²) >= 11 is 0. The van der Waals surface area contributed by atoms with E-state index in [1.165, 1.54) is 4.68 Å². The topological polar surface area (TPSA) is 38.0 Å². The van der Waals surface area contributed by atoms with E-state index in [9.17, 15) is 13.9 Å². The van der Waals surface area contributed by atoms with E-state index in [2.05, 4.69) is 5.10 Å². The van der Waals surface area contributed by atoms with E-state index in [1.54, 1.807) is 20.0 Å². The highest BCUT2D eigenvalue weighted by atomic mass is 19.1. The summed E-state index contributed by atoms with van der Waals surface area (Å²) in [4.78, 5) is 0. The molecule has 1 aromatic carbocycles. The zero-order valence-electron chi connectivity index (χ0n) is 10.2. The van der Waals surface area contributed by atoms with E-state index in [4.69, 9.17) is 0 Å². The van der Waals surface area contributed by atoms with Gasteiger partial charge in [0.2, 0.25) is 0 Å². The van der Waals surface area contributed by atoms with Crippen molar-refractivity contribution in [1.29, 1.82) is 0 Å². The quantitative estimate of drug-likeness (QED) is 0.910. The highest BCUT2D eigenvalue weighted by Gasteiger charge is 2.16. The Morgan fingerprint density at radius 2 is 2.06 bits per heavy atom. The molecule has 1 unspecified atom stereocenters. The summed E-state index contributed by atoms with van der Waals surface area (Å²) in [6.45, 7) is 1.80. The van der Waals surface area contributed by atoms with Crippen molar-refractivity contribution in [2.24, 2.45) is 7.05 Å². The van der Waals surface area contributed by atoms with Crippen LogP contribution < -0.4 is 0 Å². The summed E-state index contributed by atoms with van der Waals surface area (Å²) in [5.41, 5.74) is 1.50. The van der Waals surface area contributed by atoms with Crippen LogP contribution in [0.2, 0.25) is 0 Å². The molecule has 0 bridgehead atoms. The normalized spacial score (nSPS) is 12.7. The van der Waals surface area contributed by atoms with Crippen molar-refractivity contribution in [2.75, 3.05) is 0 Å². The fourth-order valence-corrected chi connectivity index (χ4v) is 1.96.